The minimum atomic E-state index is 0.535. The predicted molar refractivity (Wildman–Crippen MR) is 60.7 cm³/mol. The first-order chi connectivity index (χ1) is 6.76. The van der Waals surface area contributed by atoms with Crippen molar-refractivity contribution in [2.75, 3.05) is 6.61 Å². The second-order valence-electron chi connectivity index (χ2n) is 3.49. The van der Waals surface area contributed by atoms with Crippen LogP contribution < -0.4 is 4.74 Å². The maximum Gasteiger partial charge on any atom is 0.119 e. The highest BCUT2D eigenvalue weighted by molar-refractivity contribution is 5.27. The van der Waals surface area contributed by atoms with Crippen molar-refractivity contribution in [3.05, 3.63) is 42.5 Å². The molecule has 1 aromatic carbocycles. The van der Waals surface area contributed by atoms with Gasteiger partial charge in [0, 0.05) is 0 Å². The van der Waals surface area contributed by atoms with Gasteiger partial charge in [0.2, 0.25) is 0 Å². The molecule has 1 heteroatoms. The van der Waals surface area contributed by atoms with Crippen LogP contribution in [0.15, 0.2) is 36.9 Å². The lowest BCUT2D eigenvalue weighted by Gasteiger charge is -2.07. The van der Waals surface area contributed by atoms with Crippen molar-refractivity contribution in [1.82, 2.24) is 0 Å². The van der Waals surface area contributed by atoms with E-state index in [2.05, 4.69) is 25.6 Å². The Balaban J connectivity index is 2.59. The van der Waals surface area contributed by atoms with Gasteiger partial charge in [0.05, 0.1) is 6.61 Å². The fraction of sp³-hybridized carbons (Fsp3) is 0.385. The summed E-state index contributed by atoms with van der Waals surface area (Å²) >= 11 is 0. The van der Waals surface area contributed by atoms with E-state index in [9.17, 15) is 0 Å². The summed E-state index contributed by atoms with van der Waals surface area (Å²) in [7, 11) is 0. The third kappa shape index (κ3) is 3.25. The highest BCUT2D eigenvalue weighted by Gasteiger charge is 1.99. The molecule has 0 aliphatic rings. The lowest BCUT2D eigenvalue weighted by atomic mass is 10.0. The molecule has 0 amide bonds. The van der Waals surface area contributed by atoms with Crippen LogP contribution in [-0.4, -0.2) is 6.61 Å². The van der Waals surface area contributed by atoms with Gasteiger partial charge in [-0.3, -0.25) is 0 Å². The molecule has 1 atom stereocenters. The number of hydrogen-bond donors (Lipinski definition) is 0. The first-order valence-corrected chi connectivity index (χ1v) is 5.10. The van der Waals surface area contributed by atoms with Gasteiger partial charge in [0.1, 0.15) is 5.75 Å². The molecule has 1 rings (SSSR count). The largest absolute Gasteiger partial charge is 0.494 e. The van der Waals surface area contributed by atoms with E-state index < -0.39 is 0 Å². The van der Waals surface area contributed by atoms with Gasteiger partial charge < -0.3 is 4.74 Å². The number of rotatable bonds is 5. The monoisotopic (exact) mass is 190 g/mol. The summed E-state index contributed by atoms with van der Waals surface area (Å²) in [6.07, 6.45) is 3.03. The zero-order chi connectivity index (χ0) is 10.4. The molecule has 0 aliphatic carbocycles. The Bertz CT molecular complexity index is 274. The summed E-state index contributed by atoms with van der Waals surface area (Å²) in [4.78, 5) is 0. The normalized spacial score (nSPS) is 12.1. The van der Waals surface area contributed by atoms with Crippen LogP contribution in [0.25, 0.3) is 0 Å². The maximum atomic E-state index is 5.37. The van der Waals surface area contributed by atoms with Gasteiger partial charge in [-0.05, 0) is 37.0 Å². The Kier molecular flexibility index (Phi) is 4.24. The highest BCUT2D eigenvalue weighted by atomic mass is 16.5. The number of benzene rings is 1. The summed E-state index contributed by atoms with van der Waals surface area (Å²) in [5.41, 5.74) is 1.33. The first kappa shape index (κ1) is 10.8. The average molecular weight is 190 g/mol. The van der Waals surface area contributed by atoms with Gasteiger partial charge >= 0.3 is 0 Å². The Morgan fingerprint density at radius 3 is 2.50 bits per heavy atom. The molecule has 1 aromatic rings. The Morgan fingerprint density at radius 2 is 2.00 bits per heavy atom. The smallest absolute Gasteiger partial charge is 0.119 e. The lowest BCUT2D eigenvalue weighted by molar-refractivity contribution is 0.340. The molecule has 0 aliphatic heterocycles. The molecular formula is C13H18O. The van der Waals surface area contributed by atoms with E-state index in [1.807, 2.05) is 25.1 Å². The predicted octanol–water partition coefficient (Wildman–Crippen LogP) is 3.45. The van der Waals surface area contributed by atoms with Crippen LogP contribution in [0.2, 0.25) is 0 Å². The fourth-order valence-electron chi connectivity index (χ4n) is 1.34. The van der Waals surface area contributed by atoms with Crippen LogP contribution >= 0.6 is 0 Å². The third-order valence-corrected chi connectivity index (χ3v) is 2.19. The molecule has 0 radical (unpaired) electrons. The molecule has 0 bridgehead atoms. The summed E-state index contributed by atoms with van der Waals surface area (Å²) < 4.78 is 5.37. The summed E-state index contributed by atoms with van der Waals surface area (Å²) in [5.74, 6) is 1.48. The van der Waals surface area contributed by atoms with Crippen LogP contribution in [-0.2, 0) is 6.42 Å². The van der Waals surface area contributed by atoms with E-state index in [1.165, 1.54) is 5.56 Å². The lowest BCUT2D eigenvalue weighted by Crippen LogP contribution is -1.96. The zero-order valence-corrected chi connectivity index (χ0v) is 8.99. The van der Waals surface area contributed by atoms with Gasteiger partial charge in [-0.2, -0.15) is 0 Å². The Morgan fingerprint density at radius 1 is 1.36 bits per heavy atom. The third-order valence-electron chi connectivity index (χ3n) is 2.19. The van der Waals surface area contributed by atoms with E-state index in [4.69, 9.17) is 4.74 Å². The summed E-state index contributed by atoms with van der Waals surface area (Å²) in [6, 6.07) is 8.28. The van der Waals surface area contributed by atoms with Gasteiger partial charge in [0.15, 0.2) is 0 Å². The summed E-state index contributed by atoms with van der Waals surface area (Å²) in [6.45, 7) is 8.67. The Labute approximate surface area is 86.4 Å². The molecule has 0 spiro atoms. The van der Waals surface area contributed by atoms with Gasteiger partial charge in [-0.1, -0.05) is 25.1 Å². The number of ether oxygens (including phenoxy) is 1. The fourth-order valence-corrected chi connectivity index (χ4v) is 1.34. The van der Waals surface area contributed by atoms with Crippen molar-refractivity contribution in [3.8, 4) is 5.75 Å². The zero-order valence-electron chi connectivity index (χ0n) is 8.99. The molecule has 14 heavy (non-hydrogen) atoms. The van der Waals surface area contributed by atoms with Crippen molar-refractivity contribution >= 4 is 0 Å². The standard InChI is InChI=1S/C13H18O/c1-4-11(3)10-12-6-8-13(9-7-12)14-5-2/h4,6-9,11H,1,5,10H2,2-3H3. The van der Waals surface area contributed by atoms with Gasteiger partial charge in [-0.15, -0.1) is 6.58 Å². The summed E-state index contributed by atoms with van der Waals surface area (Å²) in [5, 5.41) is 0. The van der Waals surface area contributed by atoms with Gasteiger partial charge in [-0.25, -0.2) is 0 Å². The Hall–Kier alpha value is -1.24. The van der Waals surface area contributed by atoms with Crippen molar-refractivity contribution in [2.24, 2.45) is 5.92 Å². The minimum Gasteiger partial charge on any atom is -0.494 e. The molecule has 0 aromatic heterocycles. The van der Waals surface area contributed by atoms with Crippen LogP contribution in [0.1, 0.15) is 19.4 Å². The molecule has 0 saturated carbocycles. The van der Waals surface area contributed by atoms with E-state index >= 15 is 0 Å². The number of hydrogen-bond acceptors (Lipinski definition) is 1. The SMILES string of the molecule is C=CC(C)Cc1ccc(OCC)cc1. The quantitative estimate of drug-likeness (QED) is 0.646. The molecule has 1 nitrogen and oxygen atoms in total. The molecule has 0 saturated heterocycles. The molecular weight excluding hydrogens is 172 g/mol. The second-order valence-corrected chi connectivity index (χ2v) is 3.49. The van der Waals surface area contributed by atoms with Crippen LogP contribution in [0, 0.1) is 5.92 Å². The second kappa shape index (κ2) is 5.48. The average Bonchev–Trinajstić information content (AvgIpc) is 2.21. The topological polar surface area (TPSA) is 9.23 Å². The van der Waals surface area contributed by atoms with Crippen LogP contribution in [0.5, 0.6) is 5.75 Å². The molecule has 0 N–H and O–H groups in total. The molecule has 76 valence electrons. The van der Waals surface area contributed by atoms with E-state index in [1.54, 1.807) is 0 Å². The maximum absolute atomic E-state index is 5.37. The van der Waals surface area contributed by atoms with Crippen molar-refractivity contribution in [2.45, 2.75) is 20.3 Å². The van der Waals surface area contributed by atoms with Crippen LogP contribution in [0.3, 0.4) is 0 Å². The van der Waals surface area contributed by atoms with Crippen molar-refractivity contribution in [1.29, 1.82) is 0 Å². The molecule has 1 unspecified atom stereocenters. The van der Waals surface area contributed by atoms with Crippen molar-refractivity contribution in [3.63, 3.8) is 0 Å². The van der Waals surface area contributed by atoms with Crippen LogP contribution in [0.4, 0.5) is 0 Å². The van der Waals surface area contributed by atoms with E-state index in [0.717, 1.165) is 18.8 Å². The first-order valence-electron chi connectivity index (χ1n) is 5.10. The van der Waals surface area contributed by atoms with E-state index in [-0.39, 0.29) is 0 Å². The van der Waals surface area contributed by atoms with E-state index in [0.29, 0.717) is 5.92 Å². The van der Waals surface area contributed by atoms with Gasteiger partial charge in [0.25, 0.3) is 0 Å². The number of allylic oxidation sites excluding steroid dienone is 1. The molecule has 0 fully saturated rings. The molecule has 0 heterocycles. The minimum absolute atomic E-state index is 0.535. The highest BCUT2D eigenvalue weighted by Crippen LogP contribution is 2.15. The van der Waals surface area contributed by atoms with Crippen molar-refractivity contribution < 1.29 is 4.74 Å².